The van der Waals surface area contributed by atoms with Crippen molar-refractivity contribution < 1.29 is 13.7 Å². The summed E-state index contributed by atoms with van der Waals surface area (Å²) in [7, 11) is 0. The van der Waals surface area contributed by atoms with Gasteiger partial charge in [-0.3, -0.25) is 10.1 Å². The van der Waals surface area contributed by atoms with Crippen LogP contribution in [0.2, 0.25) is 5.02 Å². The number of benzene rings is 1. The zero-order chi connectivity index (χ0) is 12.6. The second-order valence-corrected chi connectivity index (χ2v) is 3.55. The number of hydrogen-bond donors (Lipinski definition) is 0. The number of nitro groups is 1. The SMILES string of the molecule is O=[N+]([O-])c1cnn(-c2c(F)cc(Cl)cc2F)c1. The molecule has 1 heterocycles. The molecule has 0 spiro atoms. The van der Waals surface area contributed by atoms with Crippen LogP contribution in [0.5, 0.6) is 0 Å². The van der Waals surface area contributed by atoms with E-state index in [1.54, 1.807) is 0 Å². The Labute approximate surface area is 98.4 Å². The van der Waals surface area contributed by atoms with Crippen molar-refractivity contribution in [3.05, 3.63) is 51.3 Å². The first-order chi connectivity index (χ1) is 7.99. The molecular formula is C9H4ClF2N3O2. The molecule has 1 aromatic carbocycles. The molecule has 2 aromatic rings. The highest BCUT2D eigenvalue weighted by Crippen LogP contribution is 2.23. The van der Waals surface area contributed by atoms with Crippen LogP contribution in [0.25, 0.3) is 5.69 Å². The number of aromatic nitrogens is 2. The van der Waals surface area contributed by atoms with E-state index in [4.69, 9.17) is 11.6 Å². The molecule has 0 unspecified atom stereocenters. The zero-order valence-electron chi connectivity index (χ0n) is 8.10. The summed E-state index contributed by atoms with van der Waals surface area (Å²) in [4.78, 5) is 9.70. The van der Waals surface area contributed by atoms with Gasteiger partial charge in [0.05, 0.1) is 4.92 Å². The van der Waals surface area contributed by atoms with Crippen molar-refractivity contribution in [3.63, 3.8) is 0 Å². The van der Waals surface area contributed by atoms with E-state index in [9.17, 15) is 18.9 Å². The maximum absolute atomic E-state index is 13.5. The van der Waals surface area contributed by atoms with Crippen LogP contribution in [-0.2, 0) is 0 Å². The minimum absolute atomic E-state index is 0.106. The van der Waals surface area contributed by atoms with Crippen molar-refractivity contribution >= 4 is 17.3 Å². The second kappa shape index (κ2) is 4.10. The Kier molecular flexibility index (Phi) is 2.76. The standard InChI is InChI=1S/C9H4ClF2N3O2/c10-5-1-7(11)9(8(12)2-5)14-4-6(3-13-14)15(16)17/h1-4H. The van der Waals surface area contributed by atoms with Crippen LogP contribution in [0.1, 0.15) is 0 Å². The maximum Gasteiger partial charge on any atom is 0.307 e. The van der Waals surface area contributed by atoms with E-state index < -0.39 is 22.2 Å². The molecule has 0 bridgehead atoms. The summed E-state index contributed by atoms with van der Waals surface area (Å²) in [5, 5.41) is 13.8. The molecule has 1 aromatic heterocycles. The van der Waals surface area contributed by atoms with Crippen LogP contribution in [0.4, 0.5) is 14.5 Å². The van der Waals surface area contributed by atoms with Gasteiger partial charge in [0.15, 0.2) is 11.6 Å². The number of nitrogens with zero attached hydrogens (tertiary/aromatic N) is 3. The van der Waals surface area contributed by atoms with Crippen molar-refractivity contribution in [3.8, 4) is 5.69 Å². The fourth-order valence-electron chi connectivity index (χ4n) is 1.28. The van der Waals surface area contributed by atoms with Crippen molar-refractivity contribution in [2.24, 2.45) is 0 Å². The lowest BCUT2D eigenvalue weighted by Crippen LogP contribution is -2.02. The molecule has 8 heteroatoms. The van der Waals surface area contributed by atoms with Crippen LogP contribution in [0, 0.1) is 21.7 Å². The van der Waals surface area contributed by atoms with Gasteiger partial charge in [0, 0.05) is 5.02 Å². The lowest BCUT2D eigenvalue weighted by molar-refractivity contribution is -0.384. The highest BCUT2D eigenvalue weighted by atomic mass is 35.5. The van der Waals surface area contributed by atoms with Crippen LogP contribution in [-0.4, -0.2) is 14.7 Å². The van der Waals surface area contributed by atoms with E-state index in [0.717, 1.165) is 29.2 Å². The van der Waals surface area contributed by atoms with E-state index in [2.05, 4.69) is 5.10 Å². The Hall–Kier alpha value is -2.02. The lowest BCUT2D eigenvalue weighted by Gasteiger charge is -2.04. The molecule has 5 nitrogen and oxygen atoms in total. The third kappa shape index (κ3) is 2.09. The molecule has 0 saturated heterocycles. The maximum atomic E-state index is 13.5. The van der Waals surface area contributed by atoms with Gasteiger partial charge < -0.3 is 0 Å². The monoisotopic (exact) mass is 259 g/mol. The van der Waals surface area contributed by atoms with E-state index in [-0.39, 0.29) is 10.7 Å². The molecule has 0 aliphatic carbocycles. The summed E-state index contributed by atoms with van der Waals surface area (Å²) in [6, 6.07) is 1.79. The predicted octanol–water partition coefficient (Wildman–Crippen LogP) is 2.71. The van der Waals surface area contributed by atoms with Crippen LogP contribution >= 0.6 is 11.6 Å². The summed E-state index contributed by atoms with van der Waals surface area (Å²) in [5.41, 5.74) is -0.874. The molecule has 0 atom stereocenters. The molecule has 17 heavy (non-hydrogen) atoms. The van der Waals surface area contributed by atoms with Crippen molar-refractivity contribution in [1.82, 2.24) is 9.78 Å². The molecular weight excluding hydrogens is 256 g/mol. The molecule has 0 N–H and O–H groups in total. The lowest BCUT2D eigenvalue weighted by atomic mass is 10.3. The van der Waals surface area contributed by atoms with E-state index in [0.29, 0.717) is 0 Å². The average Bonchev–Trinajstić information content (AvgIpc) is 2.65. The average molecular weight is 260 g/mol. The van der Waals surface area contributed by atoms with E-state index in [1.165, 1.54) is 0 Å². The van der Waals surface area contributed by atoms with Gasteiger partial charge in [0.1, 0.15) is 18.1 Å². The summed E-state index contributed by atoms with van der Waals surface area (Å²) in [6.45, 7) is 0. The van der Waals surface area contributed by atoms with Crippen molar-refractivity contribution in [2.45, 2.75) is 0 Å². The quantitative estimate of drug-likeness (QED) is 0.615. The number of rotatable bonds is 2. The first-order valence-corrected chi connectivity index (χ1v) is 4.71. The number of halogens is 3. The molecule has 2 rings (SSSR count). The number of hydrogen-bond acceptors (Lipinski definition) is 3. The van der Waals surface area contributed by atoms with Crippen LogP contribution in [0.15, 0.2) is 24.5 Å². The van der Waals surface area contributed by atoms with E-state index in [1.807, 2.05) is 0 Å². The molecule has 0 saturated carbocycles. The highest BCUT2D eigenvalue weighted by molar-refractivity contribution is 6.30. The van der Waals surface area contributed by atoms with Gasteiger partial charge in [-0.1, -0.05) is 11.6 Å². The minimum atomic E-state index is -0.951. The van der Waals surface area contributed by atoms with Gasteiger partial charge in [0.25, 0.3) is 0 Å². The minimum Gasteiger partial charge on any atom is -0.258 e. The van der Waals surface area contributed by atoms with Gasteiger partial charge in [0.2, 0.25) is 0 Å². The first-order valence-electron chi connectivity index (χ1n) is 4.33. The fourth-order valence-corrected chi connectivity index (χ4v) is 1.47. The Bertz CT molecular complexity index is 577. The van der Waals surface area contributed by atoms with Crippen molar-refractivity contribution in [1.29, 1.82) is 0 Å². The second-order valence-electron chi connectivity index (χ2n) is 3.12. The van der Waals surface area contributed by atoms with Gasteiger partial charge in [-0.25, -0.2) is 13.5 Å². The zero-order valence-corrected chi connectivity index (χ0v) is 8.86. The van der Waals surface area contributed by atoms with E-state index >= 15 is 0 Å². The third-order valence-electron chi connectivity index (χ3n) is 1.99. The molecule has 0 fully saturated rings. The first kappa shape index (κ1) is 11.5. The summed E-state index contributed by atoms with van der Waals surface area (Å²) in [5.74, 6) is -1.90. The topological polar surface area (TPSA) is 61.0 Å². The smallest absolute Gasteiger partial charge is 0.258 e. The Morgan fingerprint density at radius 1 is 1.35 bits per heavy atom. The van der Waals surface area contributed by atoms with Crippen LogP contribution in [0.3, 0.4) is 0 Å². The summed E-state index contributed by atoms with van der Waals surface area (Å²) >= 11 is 5.45. The van der Waals surface area contributed by atoms with Crippen molar-refractivity contribution in [2.75, 3.05) is 0 Å². The summed E-state index contributed by atoms with van der Waals surface area (Å²) < 4.78 is 27.7. The highest BCUT2D eigenvalue weighted by Gasteiger charge is 2.17. The Balaban J connectivity index is 2.56. The van der Waals surface area contributed by atoms with Gasteiger partial charge in [-0.05, 0) is 12.1 Å². The molecule has 0 aliphatic rings. The fraction of sp³-hybridized carbons (Fsp3) is 0. The molecule has 88 valence electrons. The third-order valence-corrected chi connectivity index (χ3v) is 2.21. The predicted molar refractivity (Wildman–Crippen MR) is 55.1 cm³/mol. The molecule has 0 radical (unpaired) electrons. The van der Waals surface area contributed by atoms with Gasteiger partial charge in [-0.2, -0.15) is 5.10 Å². The summed E-state index contributed by atoms with van der Waals surface area (Å²) in [6.07, 6.45) is 1.81. The molecule has 0 amide bonds. The Morgan fingerprint density at radius 3 is 2.41 bits per heavy atom. The molecule has 0 aliphatic heterocycles. The van der Waals surface area contributed by atoms with Crippen LogP contribution < -0.4 is 0 Å². The van der Waals surface area contributed by atoms with Gasteiger partial charge >= 0.3 is 5.69 Å². The largest absolute Gasteiger partial charge is 0.307 e. The van der Waals surface area contributed by atoms with Gasteiger partial charge in [-0.15, -0.1) is 0 Å². The normalized spacial score (nSPS) is 10.5. The Morgan fingerprint density at radius 2 is 1.94 bits per heavy atom.